The van der Waals surface area contributed by atoms with E-state index in [1.54, 1.807) is 10.8 Å². The monoisotopic (exact) mass is 313 g/mol. The molecule has 0 bridgehead atoms. The van der Waals surface area contributed by atoms with E-state index in [1.165, 1.54) is 22.5 Å². The van der Waals surface area contributed by atoms with E-state index >= 15 is 0 Å². The van der Waals surface area contributed by atoms with Crippen LogP contribution in [0.25, 0.3) is 10.2 Å². The lowest BCUT2D eigenvalue weighted by Crippen LogP contribution is -2.21. The normalized spacial score (nSPS) is 12.9. The summed E-state index contributed by atoms with van der Waals surface area (Å²) in [5.74, 6) is 0. The van der Waals surface area contributed by atoms with Gasteiger partial charge in [-0.05, 0) is 43.3 Å². The molecule has 114 valence electrons. The highest BCUT2D eigenvalue weighted by Gasteiger charge is 2.13. The molecule has 0 aliphatic rings. The smallest absolute Gasteiger partial charge is 0.302 e. The van der Waals surface area contributed by atoms with Gasteiger partial charge in [0.1, 0.15) is 0 Å². The van der Waals surface area contributed by atoms with E-state index < -0.39 is 0 Å². The molecule has 3 aromatic rings. The average molecular weight is 313 g/mol. The average Bonchev–Trinajstić information content (AvgIpc) is 2.81. The van der Waals surface area contributed by atoms with Gasteiger partial charge in [-0.25, -0.2) is 0 Å². The molecule has 5 heteroatoms. The zero-order valence-corrected chi connectivity index (χ0v) is 13.8. The van der Waals surface area contributed by atoms with E-state index in [1.807, 2.05) is 25.4 Å². The maximum Gasteiger partial charge on any atom is 0.307 e. The molecule has 22 heavy (non-hydrogen) atoms. The van der Waals surface area contributed by atoms with Crippen LogP contribution in [0.15, 0.2) is 47.5 Å². The number of benzene rings is 1. The molecular formula is C17H19N3OS. The standard InChI is InChI=1S/C17H19N3OS/c1-12(14-5-4-8-18-10-14)19(2)11-13-6-7-15-16(9-13)22-17(21)20(15)3/h4-10,12H,11H2,1-3H3/t12-/m0/s1. The Kier molecular flexibility index (Phi) is 4.09. The Morgan fingerprint density at radius 2 is 2.18 bits per heavy atom. The van der Waals surface area contributed by atoms with Gasteiger partial charge in [-0.2, -0.15) is 0 Å². The second kappa shape index (κ2) is 6.02. The van der Waals surface area contributed by atoms with Crippen molar-refractivity contribution < 1.29 is 0 Å². The number of thiazole rings is 1. The first-order valence-electron chi connectivity index (χ1n) is 7.25. The van der Waals surface area contributed by atoms with Crippen LogP contribution < -0.4 is 4.87 Å². The first-order valence-corrected chi connectivity index (χ1v) is 8.06. The Bertz CT molecular complexity index is 838. The SMILES string of the molecule is C[C@@H](c1cccnc1)N(C)Cc1ccc2c(c1)sc(=O)n2C. The maximum absolute atomic E-state index is 11.7. The molecule has 2 heterocycles. The summed E-state index contributed by atoms with van der Waals surface area (Å²) in [5, 5.41) is 0. The van der Waals surface area contributed by atoms with Gasteiger partial charge in [0.25, 0.3) is 0 Å². The summed E-state index contributed by atoms with van der Waals surface area (Å²) in [4.78, 5) is 18.3. The molecule has 2 aromatic heterocycles. The minimum atomic E-state index is 0.0873. The zero-order chi connectivity index (χ0) is 15.7. The van der Waals surface area contributed by atoms with E-state index in [0.717, 1.165) is 16.8 Å². The van der Waals surface area contributed by atoms with Crippen molar-refractivity contribution in [3.05, 3.63) is 63.5 Å². The summed E-state index contributed by atoms with van der Waals surface area (Å²) in [6, 6.07) is 10.6. The Morgan fingerprint density at radius 3 is 2.91 bits per heavy atom. The molecule has 4 nitrogen and oxygen atoms in total. The molecular weight excluding hydrogens is 294 g/mol. The van der Waals surface area contributed by atoms with Gasteiger partial charge in [-0.3, -0.25) is 14.7 Å². The van der Waals surface area contributed by atoms with Gasteiger partial charge < -0.3 is 4.57 Å². The first kappa shape index (κ1) is 14.9. The fourth-order valence-electron chi connectivity index (χ4n) is 2.58. The summed E-state index contributed by atoms with van der Waals surface area (Å²) in [5.41, 5.74) is 3.42. The van der Waals surface area contributed by atoms with E-state index in [9.17, 15) is 4.79 Å². The van der Waals surface area contributed by atoms with Crippen LogP contribution in [0.3, 0.4) is 0 Å². The lowest BCUT2D eigenvalue weighted by Gasteiger charge is -2.24. The highest BCUT2D eigenvalue weighted by Crippen LogP contribution is 2.23. The Labute approximate surface area is 133 Å². The van der Waals surface area contributed by atoms with Crippen LogP contribution in [0, 0.1) is 0 Å². The number of rotatable bonds is 4. The number of nitrogens with zero attached hydrogens (tertiary/aromatic N) is 3. The van der Waals surface area contributed by atoms with Crippen molar-refractivity contribution in [1.82, 2.24) is 14.5 Å². The van der Waals surface area contributed by atoms with E-state index in [-0.39, 0.29) is 4.87 Å². The molecule has 0 aliphatic heterocycles. The van der Waals surface area contributed by atoms with Crippen molar-refractivity contribution in [2.45, 2.75) is 19.5 Å². The number of aromatic nitrogens is 2. The first-order chi connectivity index (χ1) is 10.6. The number of hydrogen-bond donors (Lipinski definition) is 0. The van der Waals surface area contributed by atoms with Gasteiger partial charge in [0.05, 0.1) is 10.2 Å². The Hall–Kier alpha value is -1.98. The quantitative estimate of drug-likeness (QED) is 0.742. The van der Waals surface area contributed by atoms with Gasteiger partial charge in [0, 0.05) is 32.0 Å². The van der Waals surface area contributed by atoms with Gasteiger partial charge in [0.15, 0.2) is 0 Å². The number of hydrogen-bond acceptors (Lipinski definition) is 4. The van der Waals surface area contributed by atoms with Gasteiger partial charge >= 0.3 is 4.87 Å². The molecule has 1 atom stereocenters. The minimum Gasteiger partial charge on any atom is -0.302 e. The van der Waals surface area contributed by atoms with Crippen LogP contribution in [0.5, 0.6) is 0 Å². The Balaban J connectivity index is 1.82. The van der Waals surface area contributed by atoms with Crippen LogP contribution >= 0.6 is 11.3 Å². The van der Waals surface area contributed by atoms with Crippen LogP contribution in [0.4, 0.5) is 0 Å². The summed E-state index contributed by atoms with van der Waals surface area (Å²) in [6.45, 7) is 3.01. The van der Waals surface area contributed by atoms with Gasteiger partial charge in [0.2, 0.25) is 0 Å². The third kappa shape index (κ3) is 2.82. The zero-order valence-electron chi connectivity index (χ0n) is 13.0. The van der Waals surface area contributed by atoms with Crippen molar-refractivity contribution in [2.75, 3.05) is 7.05 Å². The van der Waals surface area contributed by atoms with Crippen molar-refractivity contribution in [3.63, 3.8) is 0 Å². The lowest BCUT2D eigenvalue weighted by molar-refractivity contribution is 0.253. The summed E-state index contributed by atoms with van der Waals surface area (Å²) < 4.78 is 2.75. The van der Waals surface area contributed by atoms with E-state index in [4.69, 9.17) is 0 Å². The molecule has 0 amide bonds. The molecule has 1 aromatic carbocycles. The summed E-state index contributed by atoms with van der Waals surface area (Å²) >= 11 is 1.30. The van der Waals surface area contributed by atoms with Crippen LogP contribution in [-0.4, -0.2) is 21.5 Å². The van der Waals surface area contributed by atoms with E-state index in [2.05, 4.69) is 42.1 Å². The summed E-state index contributed by atoms with van der Waals surface area (Å²) in [6.07, 6.45) is 3.70. The van der Waals surface area contributed by atoms with Crippen LogP contribution in [-0.2, 0) is 13.6 Å². The summed E-state index contributed by atoms with van der Waals surface area (Å²) in [7, 11) is 3.92. The largest absolute Gasteiger partial charge is 0.307 e. The predicted molar refractivity (Wildman–Crippen MR) is 91.2 cm³/mol. The van der Waals surface area contributed by atoms with Crippen LogP contribution in [0.1, 0.15) is 24.1 Å². The second-order valence-electron chi connectivity index (χ2n) is 5.61. The molecule has 0 N–H and O–H groups in total. The lowest BCUT2D eigenvalue weighted by atomic mass is 10.1. The molecule has 0 unspecified atom stereocenters. The fourth-order valence-corrected chi connectivity index (χ4v) is 3.52. The fraction of sp³-hybridized carbons (Fsp3) is 0.294. The minimum absolute atomic E-state index is 0.0873. The number of fused-ring (bicyclic) bond motifs is 1. The third-order valence-corrected chi connectivity index (χ3v) is 5.11. The van der Waals surface area contributed by atoms with Gasteiger partial charge in [-0.15, -0.1) is 0 Å². The second-order valence-corrected chi connectivity index (χ2v) is 6.60. The number of aryl methyl sites for hydroxylation is 1. The Morgan fingerprint density at radius 1 is 1.36 bits per heavy atom. The molecule has 0 radical (unpaired) electrons. The highest BCUT2D eigenvalue weighted by molar-refractivity contribution is 7.16. The van der Waals surface area contributed by atoms with Gasteiger partial charge in [-0.1, -0.05) is 23.5 Å². The van der Waals surface area contributed by atoms with Crippen molar-refractivity contribution in [1.29, 1.82) is 0 Å². The molecule has 0 saturated carbocycles. The highest BCUT2D eigenvalue weighted by atomic mass is 32.1. The molecule has 0 fully saturated rings. The predicted octanol–water partition coefficient (Wildman–Crippen LogP) is 3.19. The van der Waals surface area contributed by atoms with Crippen molar-refractivity contribution in [2.24, 2.45) is 7.05 Å². The van der Waals surface area contributed by atoms with Crippen molar-refractivity contribution in [3.8, 4) is 0 Å². The molecule has 0 saturated heterocycles. The molecule has 0 aliphatic carbocycles. The topological polar surface area (TPSA) is 38.1 Å². The number of pyridine rings is 1. The van der Waals surface area contributed by atoms with Crippen molar-refractivity contribution >= 4 is 21.6 Å². The van der Waals surface area contributed by atoms with E-state index in [0.29, 0.717) is 6.04 Å². The maximum atomic E-state index is 11.7. The molecule has 0 spiro atoms. The van der Waals surface area contributed by atoms with Crippen LogP contribution in [0.2, 0.25) is 0 Å². The molecule has 3 rings (SSSR count). The third-order valence-electron chi connectivity index (χ3n) is 4.12.